The molecule has 0 atom stereocenters. The van der Waals surface area contributed by atoms with Crippen LogP contribution in [0.5, 0.6) is 5.88 Å². The van der Waals surface area contributed by atoms with Crippen molar-refractivity contribution in [3.8, 4) is 5.88 Å². The summed E-state index contributed by atoms with van der Waals surface area (Å²) in [6, 6.07) is 0. The Labute approximate surface area is 65.8 Å². The molecular weight excluding hydrogens is 140 g/mol. The number of nitrogens with one attached hydrogen (secondary N) is 1. The molecule has 0 aliphatic carbocycles. The second-order valence-electron chi connectivity index (χ2n) is 2.94. The number of fused-ring (bicyclic) bond motifs is 1. The molecule has 0 amide bonds. The molecule has 11 heavy (non-hydrogen) atoms. The van der Waals surface area contributed by atoms with E-state index in [0.29, 0.717) is 0 Å². The second-order valence-corrected chi connectivity index (χ2v) is 2.94. The van der Waals surface area contributed by atoms with Crippen LogP contribution in [0.2, 0.25) is 0 Å². The summed E-state index contributed by atoms with van der Waals surface area (Å²) in [6.45, 7) is 2.86. The summed E-state index contributed by atoms with van der Waals surface area (Å²) in [5.74, 6) is 0.819. The highest BCUT2D eigenvalue weighted by atomic mass is 16.5. The van der Waals surface area contributed by atoms with E-state index in [1.54, 1.807) is 0 Å². The Morgan fingerprint density at radius 1 is 1.45 bits per heavy atom. The molecule has 0 fully saturated rings. The molecule has 1 N–H and O–H groups in total. The molecular formula is C8H12N2O. The van der Waals surface area contributed by atoms with Gasteiger partial charge in [-0.3, -0.25) is 5.10 Å². The van der Waals surface area contributed by atoms with Crippen LogP contribution >= 0.6 is 0 Å². The van der Waals surface area contributed by atoms with Crippen molar-refractivity contribution in [1.29, 1.82) is 0 Å². The predicted octanol–water partition coefficient (Wildman–Crippen LogP) is 1.43. The smallest absolute Gasteiger partial charge is 0.236 e. The molecule has 1 aliphatic heterocycles. The summed E-state index contributed by atoms with van der Waals surface area (Å²) in [5, 5.41) is 7.00. The molecule has 0 bridgehead atoms. The van der Waals surface area contributed by atoms with E-state index in [-0.39, 0.29) is 0 Å². The number of hydrogen-bond donors (Lipinski definition) is 1. The quantitative estimate of drug-likeness (QED) is 0.610. The number of aromatic amines is 1. The van der Waals surface area contributed by atoms with Crippen molar-refractivity contribution < 1.29 is 4.74 Å². The highest BCUT2D eigenvalue weighted by Gasteiger charge is 2.13. The maximum atomic E-state index is 5.43. The van der Waals surface area contributed by atoms with Crippen LogP contribution in [-0.4, -0.2) is 16.8 Å². The van der Waals surface area contributed by atoms with Gasteiger partial charge >= 0.3 is 0 Å². The molecule has 0 aromatic carbocycles. The van der Waals surface area contributed by atoms with Crippen molar-refractivity contribution in [2.45, 2.75) is 26.2 Å². The molecule has 1 aromatic rings. The van der Waals surface area contributed by atoms with Crippen LogP contribution in [0.4, 0.5) is 0 Å². The summed E-state index contributed by atoms with van der Waals surface area (Å²) in [7, 11) is 0. The van der Waals surface area contributed by atoms with Crippen LogP contribution in [0.1, 0.15) is 24.1 Å². The number of ether oxygens (including phenoxy) is 1. The summed E-state index contributed by atoms with van der Waals surface area (Å²) < 4.78 is 5.43. The van der Waals surface area contributed by atoms with Gasteiger partial charge in [-0.15, -0.1) is 5.10 Å². The summed E-state index contributed by atoms with van der Waals surface area (Å²) >= 11 is 0. The van der Waals surface area contributed by atoms with E-state index in [4.69, 9.17) is 4.74 Å². The molecule has 2 heterocycles. The van der Waals surface area contributed by atoms with Crippen molar-refractivity contribution in [2.75, 3.05) is 6.61 Å². The Morgan fingerprint density at radius 3 is 3.27 bits per heavy atom. The van der Waals surface area contributed by atoms with E-state index in [2.05, 4.69) is 10.2 Å². The van der Waals surface area contributed by atoms with Gasteiger partial charge < -0.3 is 4.74 Å². The van der Waals surface area contributed by atoms with Gasteiger partial charge in [0.2, 0.25) is 5.88 Å². The van der Waals surface area contributed by atoms with Crippen molar-refractivity contribution in [3.63, 3.8) is 0 Å². The molecule has 0 radical (unpaired) electrons. The molecule has 3 nitrogen and oxygen atoms in total. The van der Waals surface area contributed by atoms with Crippen molar-refractivity contribution in [3.05, 3.63) is 11.3 Å². The highest BCUT2D eigenvalue weighted by Crippen LogP contribution is 2.23. The lowest BCUT2D eigenvalue weighted by molar-refractivity contribution is 0.304. The number of aryl methyl sites for hydroxylation is 1. The highest BCUT2D eigenvalue weighted by molar-refractivity contribution is 5.30. The third kappa shape index (κ3) is 1.11. The molecule has 0 spiro atoms. The predicted molar refractivity (Wildman–Crippen MR) is 41.8 cm³/mol. The van der Waals surface area contributed by atoms with E-state index >= 15 is 0 Å². The largest absolute Gasteiger partial charge is 0.476 e. The first kappa shape index (κ1) is 6.70. The SMILES string of the molecule is Cc1[nH]nc2c1CCCCO2. The Hall–Kier alpha value is -0.990. The van der Waals surface area contributed by atoms with Gasteiger partial charge in [0.1, 0.15) is 0 Å². The molecule has 0 saturated heterocycles. The molecule has 2 rings (SSSR count). The third-order valence-corrected chi connectivity index (χ3v) is 2.10. The standard InChI is InChI=1S/C8H12N2O/c1-6-7-4-2-3-5-11-8(7)10-9-6/h2-5H2,1H3,(H,9,10). The van der Waals surface area contributed by atoms with Crippen molar-refractivity contribution >= 4 is 0 Å². The maximum Gasteiger partial charge on any atom is 0.236 e. The molecule has 1 aliphatic rings. The van der Waals surface area contributed by atoms with Gasteiger partial charge in [0, 0.05) is 11.3 Å². The Bertz CT molecular complexity index is 255. The Kier molecular flexibility index (Phi) is 1.56. The topological polar surface area (TPSA) is 37.9 Å². The van der Waals surface area contributed by atoms with E-state index in [9.17, 15) is 0 Å². The van der Waals surface area contributed by atoms with Gasteiger partial charge in [-0.25, -0.2) is 0 Å². The zero-order chi connectivity index (χ0) is 7.68. The van der Waals surface area contributed by atoms with E-state index in [1.807, 2.05) is 6.92 Å². The molecule has 1 aromatic heterocycles. The van der Waals surface area contributed by atoms with Crippen LogP contribution in [-0.2, 0) is 6.42 Å². The van der Waals surface area contributed by atoms with Gasteiger partial charge in [-0.05, 0) is 26.2 Å². The fraction of sp³-hybridized carbons (Fsp3) is 0.625. The lowest BCUT2D eigenvalue weighted by Gasteiger charge is -1.96. The summed E-state index contributed by atoms with van der Waals surface area (Å²) in [6.07, 6.45) is 3.47. The monoisotopic (exact) mass is 152 g/mol. The van der Waals surface area contributed by atoms with Crippen LogP contribution in [0, 0.1) is 6.92 Å². The fourth-order valence-electron chi connectivity index (χ4n) is 1.42. The average Bonchev–Trinajstić information content (AvgIpc) is 2.25. The zero-order valence-corrected chi connectivity index (χ0v) is 6.68. The van der Waals surface area contributed by atoms with Crippen molar-refractivity contribution in [1.82, 2.24) is 10.2 Å². The number of hydrogen-bond acceptors (Lipinski definition) is 2. The molecule has 3 heteroatoms. The van der Waals surface area contributed by atoms with Gasteiger partial charge in [0.25, 0.3) is 0 Å². The summed E-state index contributed by atoms with van der Waals surface area (Å²) in [4.78, 5) is 0. The lowest BCUT2D eigenvalue weighted by Crippen LogP contribution is -1.94. The first-order valence-corrected chi connectivity index (χ1v) is 4.04. The van der Waals surface area contributed by atoms with Gasteiger partial charge in [0.15, 0.2) is 0 Å². The fourth-order valence-corrected chi connectivity index (χ4v) is 1.42. The van der Waals surface area contributed by atoms with Gasteiger partial charge in [-0.1, -0.05) is 0 Å². The first-order valence-electron chi connectivity index (χ1n) is 4.04. The number of aromatic nitrogens is 2. The van der Waals surface area contributed by atoms with E-state index in [0.717, 1.165) is 31.0 Å². The van der Waals surface area contributed by atoms with Gasteiger partial charge in [-0.2, -0.15) is 0 Å². The zero-order valence-electron chi connectivity index (χ0n) is 6.68. The molecule has 0 saturated carbocycles. The lowest BCUT2D eigenvalue weighted by atomic mass is 10.1. The van der Waals surface area contributed by atoms with Crippen LogP contribution in [0.25, 0.3) is 0 Å². The average molecular weight is 152 g/mol. The minimum absolute atomic E-state index is 0.817. The molecule has 60 valence electrons. The second kappa shape index (κ2) is 2.57. The number of H-pyrrole nitrogens is 1. The van der Waals surface area contributed by atoms with Crippen LogP contribution < -0.4 is 4.74 Å². The van der Waals surface area contributed by atoms with Crippen LogP contribution in [0.3, 0.4) is 0 Å². The minimum atomic E-state index is 0.817. The normalized spacial score (nSPS) is 16.8. The Morgan fingerprint density at radius 2 is 2.36 bits per heavy atom. The van der Waals surface area contributed by atoms with Crippen LogP contribution in [0.15, 0.2) is 0 Å². The Balaban J connectivity index is 2.35. The number of rotatable bonds is 0. The maximum absolute atomic E-state index is 5.43. The van der Waals surface area contributed by atoms with E-state index < -0.39 is 0 Å². The van der Waals surface area contributed by atoms with E-state index in [1.165, 1.54) is 12.0 Å². The summed E-state index contributed by atoms with van der Waals surface area (Å²) in [5.41, 5.74) is 2.42. The minimum Gasteiger partial charge on any atom is -0.476 e. The van der Waals surface area contributed by atoms with Crippen molar-refractivity contribution in [2.24, 2.45) is 0 Å². The molecule has 0 unspecified atom stereocenters. The first-order chi connectivity index (χ1) is 5.38. The van der Waals surface area contributed by atoms with Gasteiger partial charge in [0.05, 0.1) is 6.61 Å². The third-order valence-electron chi connectivity index (χ3n) is 2.10. The number of nitrogens with zero attached hydrogens (tertiary/aromatic N) is 1.